The Morgan fingerprint density at radius 1 is 1.12 bits per heavy atom. The quantitative estimate of drug-likeness (QED) is 0.215. The number of halogens is 1. The summed E-state index contributed by atoms with van der Waals surface area (Å²) in [7, 11) is -3.12. The van der Waals surface area contributed by atoms with Gasteiger partial charge in [0.25, 0.3) is 0 Å². The second kappa shape index (κ2) is 12.9. The van der Waals surface area contributed by atoms with Crippen molar-refractivity contribution in [3.8, 4) is 0 Å². The Bertz CT molecular complexity index is 637. The Morgan fingerprint density at radius 2 is 1.85 bits per heavy atom. The van der Waals surface area contributed by atoms with Gasteiger partial charge < -0.3 is 10.6 Å². The van der Waals surface area contributed by atoms with Gasteiger partial charge in [-0.25, -0.2) is 17.5 Å². The van der Waals surface area contributed by atoms with Crippen molar-refractivity contribution in [1.29, 1.82) is 0 Å². The van der Waals surface area contributed by atoms with Crippen molar-refractivity contribution in [2.45, 2.75) is 31.6 Å². The summed E-state index contributed by atoms with van der Waals surface area (Å²) in [4.78, 5) is 5.55. The molecular formula is C17H29FN4O2S2. The second-order valence-corrected chi connectivity index (χ2v) is 8.76. The second-order valence-electron chi connectivity index (χ2n) is 5.49. The highest BCUT2D eigenvalue weighted by Gasteiger charge is 2.04. The first-order valence-corrected chi connectivity index (χ1v) is 11.5. The van der Waals surface area contributed by atoms with Crippen LogP contribution in [0.4, 0.5) is 4.39 Å². The SMILES string of the molecule is CCNC(=NCCCSc1ccc(F)cc1)NCCCNS(=O)(=O)CC. The van der Waals surface area contributed by atoms with Crippen molar-refractivity contribution in [3.63, 3.8) is 0 Å². The van der Waals surface area contributed by atoms with Gasteiger partial charge in [0.05, 0.1) is 5.75 Å². The number of aliphatic imine (C=N–C) groups is 1. The number of rotatable bonds is 12. The number of thioether (sulfide) groups is 1. The van der Waals surface area contributed by atoms with Crippen LogP contribution < -0.4 is 15.4 Å². The number of benzene rings is 1. The first-order valence-electron chi connectivity index (χ1n) is 8.84. The molecule has 0 aliphatic carbocycles. The van der Waals surface area contributed by atoms with E-state index in [1.54, 1.807) is 30.8 Å². The summed E-state index contributed by atoms with van der Waals surface area (Å²) < 4.78 is 38.0. The third kappa shape index (κ3) is 10.6. The zero-order chi connectivity index (χ0) is 19.3. The number of sulfonamides is 1. The minimum absolute atomic E-state index is 0.0977. The molecule has 1 rings (SSSR count). The molecule has 0 spiro atoms. The molecule has 0 radical (unpaired) electrons. The largest absolute Gasteiger partial charge is 0.357 e. The molecule has 0 aliphatic heterocycles. The van der Waals surface area contributed by atoms with Gasteiger partial charge in [0.2, 0.25) is 10.0 Å². The fourth-order valence-corrected chi connectivity index (χ4v) is 3.44. The van der Waals surface area contributed by atoms with Crippen LogP contribution in [-0.2, 0) is 10.0 Å². The smallest absolute Gasteiger partial charge is 0.211 e. The maximum Gasteiger partial charge on any atom is 0.211 e. The van der Waals surface area contributed by atoms with E-state index in [2.05, 4.69) is 20.3 Å². The van der Waals surface area contributed by atoms with Crippen molar-refractivity contribution in [1.82, 2.24) is 15.4 Å². The Labute approximate surface area is 160 Å². The molecule has 0 unspecified atom stereocenters. The molecule has 6 nitrogen and oxygen atoms in total. The van der Waals surface area contributed by atoms with E-state index in [0.29, 0.717) is 26.1 Å². The van der Waals surface area contributed by atoms with E-state index in [0.717, 1.165) is 29.6 Å². The van der Waals surface area contributed by atoms with Crippen LogP contribution in [0, 0.1) is 5.82 Å². The number of nitrogens with zero attached hydrogens (tertiary/aromatic N) is 1. The van der Waals surface area contributed by atoms with Crippen LogP contribution in [0.1, 0.15) is 26.7 Å². The lowest BCUT2D eigenvalue weighted by Crippen LogP contribution is -2.39. The van der Waals surface area contributed by atoms with Crippen molar-refractivity contribution in [2.75, 3.05) is 37.7 Å². The summed E-state index contributed by atoms with van der Waals surface area (Å²) in [6, 6.07) is 6.49. The fourth-order valence-electron chi connectivity index (χ4n) is 1.94. The summed E-state index contributed by atoms with van der Waals surface area (Å²) in [6.45, 7) is 6.12. The minimum Gasteiger partial charge on any atom is -0.357 e. The third-order valence-corrected chi connectivity index (χ3v) is 5.85. The van der Waals surface area contributed by atoms with E-state index in [4.69, 9.17) is 0 Å². The molecule has 1 aromatic carbocycles. The standard InChI is InChI=1S/C17H29FN4O2S2/c1-3-19-17(20-11-5-13-22-26(23,24)4-2)21-12-6-14-25-16-9-7-15(18)8-10-16/h7-10,22H,3-6,11-14H2,1-2H3,(H2,19,20,21). The molecule has 0 bridgehead atoms. The van der Waals surface area contributed by atoms with Gasteiger partial charge in [-0.1, -0.05) is 0 Å². The Kier molecular flexibility index (Phi) is 11.3. The molecule has 0 amide bonds. The van der Waals surface area contributed by atoms with Crippen LogP contribution in [0.15, 0.2) is 34.2 Å². The number of guanidine groups is 1. The molecule has 1 aromatic rings. The van der Waals surface area contributed by atoms with E-state index in [1.165, 1.54) is 12.1 Å². The van der Waals surface area contributed by atoms with Gasteiger partial charge in [-0.05, 0) is 56.7 Å². The van der Waals surface area contributed by atoms with Crippen molar-refractivity contribution < 1.29 is 12.8 Å². The summed E-state index contributed by atoms with van der Waals surface area (Å²) in [6.07, 6.45) is 1.60. The Morgan fingerprint density at radius 3 is 2.50 bits per heavy atom. The molecule has 0 atom stereocenters. The monoisotopic (exact) mass is 404 g/mol. The van der Waals surface area contributed by atoms with Crippen LogP contribution in [0.2, 0.25) is 0 Å². The third-order valence-electron chi connectivity index (χ3n) is 3.35. The van der Waals surface area contributed by atoms with Gasteiger partial charge in [0, 0.05) is 31.1 Å². The van der Waals surface area contributed by atoms with Crippen molar-refractivity contribution in [2.24, 2.45) is 4.99 Å². The zero-order valence-electron chi connectivity index (χ0n) is 15.4. The molecule has 0 aromatic heterocycles. The molecule has 0 fully saturated rings. The van der Waals surface area contributed by atoms with Gasteiger partial charge in [0.15, 0.2) is 5.96 Å². The van der Waals surface area contributed by atoms with E-state index in [1.807, 2.05) is 6.92 Å². The summed E-state index contributed by atoms with van der Waals surface area (Å²) in [5.41, 5.74) is 0. The van der Waals surface area contributed by atoms with Gasteiger partial charge in [-0.2, -0.15) is 0 Å². The van der Waals surface area contributed by atoms with Crippen LogP contribution in [0.25, 0.3) is 0 Å². The maximum absolute atomic E-state index is 12.8. The predicted molar refractivity (Wildman–Crippen MR) is 108 cm³/mol. The lowest BCUT2D eigenvalue weighted by molar-refractivity contribution is 0.579. The van der Waals surface area contributed by atoms with Gasteiger partial charge in [-0.3, -0.25) is 4.99 Å². The van der Waals surface area contributed by atoms with Crippen LogP contribution in [0.3, 0.4) is 0 Å². The maximum atomic E-state index is 12.8. The molecule has 0 aliphatic rings. The number of hydrogen-bond donors (Lipinski definition) is 3. The average Bonchev–Trinajstić information content (AvgIpc) is 2.62. The molecular weight excluding hydrogens is 375 g/mol. The molecule has 3 N–H and O–H groups in total. The van der Waals surface area contributed by atoms with Gasteiger partial charge >= 0.3 is 0 Å². The number of nitrogens with one attached hydrogen (secondary N) is 3. The highest BCUT2D eigenvalue weighted by atomic mass is 32.2. The molecule has 26 heavy (non-hydrogen) atoms. The van der Waals surface area contributed by atoms with Crippen LogP contribution in [0.5, 0.6) is 0 Å². The Balaban J connectivity index is 2.22. The topological polar surface area (TPSA) is 82.6 Å². The molecule has 0 saturated heterocycles. The van der Waals surface area contributed by atoms with E-state index in [9.17, 15) is 12.8 Å². The molecule has 9 heteroatoms. The van der Waals surface area contributed by atoms with Crippen molar-refractivity contribution in [3.05, 3.63) is 30.1 Å². The van der Waals surface area contributed by atoms with Crippen molar-refractivity contribution >= 4 is 27.7 Å². The highest BCUT2D eigenvalue weighted by molar-refractivity contribution is 7.99. The number of hydrogen-bond acceptors (Lipinski definition) is 4. The first-order chi connectivity index (χ1) is 12.5. The lowest BCUT2D eigenvalue weighted by atomic mass is 10.4. The molecule has 0 saturated carbocycles. The highest BCUT2D eigenvalue weighted by Crippen LogP contribution is 2.18. The minimum atomic E-state index is -3.12. The van der Waals surface area contributed by atoms with E-state index < -0.39 is 10.0 Å². The normalized spacial score (nSPS) is 12.2. The van der Waals surface area contributed by atoms with Gasteiger partial charge in [0.1, 0.15) is 5.82 Å². The lowest BCUT2D eigenvalue weighted by Gasteiger charge is -2.11. The predicted octanol–water partition coefficient (Wildman–Crippen LogP) is 2.19. The average molecular weight is 405 g/mol. The first kappa shape index (κ1) is 22.7. The van der Waals surface area contributed by atoms with E-state index in [-0.39, 0.29) is 11.6 Å². The summed E-state index contributed by atoms with van der Waals surface area (Å²) in [5, 5.41) is 6.36. The Hall–Kier alpha value is -1.32. The van der Waals surface area contributed by atoms with E-state index >= 15 is 0 Å². The summed E-state index contributed by atoms with van der Waals surface area (Å²) in [5.74, 6) is 1.52. The zero-order valence-corrected chi connectivity index (χ0v) is 17.1. The fraction of sp³-hybridized carbons (Fsp3) is 0.588. The molecule has 148 valence electrons. The van der Waals surface area contributed by atoms with Crippen LogP contribution >= 0.6 is 11.8 Å². The van der Waals surface area contributed by atoms with Crippen LogP contribution in [-0.4, -0.2) is 52.1 Å². The van der Waals surface area contributed by atoms with Gasteiger partial charge in [-0.15, -0.1) is 11.8 Å². The molecule has 0 heterocycles. The summed E-state index contributed by atoms with van der Waals surface area (Å²) >= 11 is 1.68.